The van der Waals surface area contributed by atoms with Gasteiger partial charge >= 0.3 is 0 Å². The predicted molar refractivity (Wildman–Crippen MR) is 90.4 cm³/mol. The Morgan fingerprint density at radius 1 is 1.13 bits per heavy atom. The maximum Gasteiger partial charge on any atom is 0.238 e. The third-order valence-electron chi connectivity index (χ3n) is 3.87. The second-order valence-corrected chi connectivity index (χ2v) is 7.18. The summed E-state index contributed by atoms with van der Waals surface area (Å²) in [6.07, 6.45) is -0.595. The summed E-state index contributed by atoms with van der Waals surface area (Å²) < 4.78 is 22.5. The smallest absolute Gasteiger partial charge is 0.238 e. The van der Waals surface area contributed by atoms with Crippen LogP contribution in [0.2, 0.25) is 0 Å². The van der Waals surface area contributed by atoms with Gasteiger partial charge in [-0.1, -0.05) is 36.4 Å². The lowest BCUT2D eigenvalue weighted by molar-refractivity contribution is 0.170. The molecule has 0 bridgehead atoms. The lowest BCUT2D eigenvalue weighted by atomic mass is 10.0. The largest absolute Gasteiger partial charge is 0.387 e. The average molecular weight is 334 g/mol. The highest BCUT2D eigenvalue weighted by Gasteiger charge is 2.13. The predicted octanol–water partition coefficient (Wildman–Crippen LogP) is 2.03. The van der Waals surface area contributed by atoms with Crippen molar-refractivity contribution in [2.75, 3.05) is 6.54 Å². The SMILES string of the molecule is Cc1ccccc1C(O)CNC(C)c1ccc(S(N)(=O)=O)cc1. The minimum Gasteiger partial charge on any atom is -0.387 e. The number of rotatable bonds is 6. The van der Waals surface area contributed by atoms with E-state index >= 15 is 0 Å². The molecular formula is C17H22N2O3S. The molecule has 2 aromatic rings. The van der Waals surface area contributed by atoms with Gasteiger partial charge < -0.3 is 10.4 Å². The van der Waals surface area contributed by atoms with E-state index in [1.54, 1.807) is 12.1 Å². The molecule has 0 saturated carbocycles. The van der Waals surface area contributed by atoms with Gasteiger partial charge in [0.05, 0.1) is 11.0 Å². The van der Waals surface area contributed by atoms with Crippen molar-refractivity contribution in [1.82, 2.24) is 5.32 Å². The van der Waals surface area contributed by atoms with Gasteiger partial charge in [0.15, 0.2) is 0 Å². The molecule has 0 fully saturated rings. The molecule has 0 aliphatic rings. The van der Waals surface area contributed by atoms with Crippen LogP contribution >= 0.6 is 0 Å². The molecule has 23 heavy (non-hydrogen) atoms. The Balaban J connectivity index is 1.99. The third-order valence-corrected chi connectivity index (χ3v) is 4.80. The molecule has 124 valence electrons. The van der Waals surface area contributed by atoms with Gasteiger partial charge in [0.1, 0.15) is 0 Å². The van der Waals surface area contributed by atoms with E-state index < -0.39 is 16.1 Å². The fraction of sp³-hybridized carbons (Fsp3) is 0.294. The van der Waals surface area contributed by atoms with Crippen molar-refractivity contribution in [3.8, 4) is 0 Å². The molecule has 5 nitrogen and oxygen atoms in total. The Morgan fingerprint density at radius 2 is 1.74 bits per heavy atom. The standard InChI is InChI=1S/C17H22N2O3S/c1-12-5-3-4-6-16(12)17(20)11-19-13(2)14-7-9-15(10-8-14)23(18,21)22/h3-10,13,17,19-20H,11H2,1-2H3,(H2,18,21,22). The van der Waals surface area contributed by atoms with Gasteiger partial charge in [0.25, 0.3) is 0 Å². The second-order valence-electron chi connectivity index (χ2n) is 5.62. The number of hydrogen-bond donors (Lipinski definition) is 3. The molecule has 0 aliphatic carbocycles. The highest BCUT2D eigenvalue weighted by Crippen LogP contribution is 2.19. The van der Waals surface area contributed by atoms with Crippen LogP contribution in [-0.2, 0) is 10.0 Å². The first kappa shape index (κ1) is 17.6. The zero-order chi connectivity index (χ0) is 17.0. The lowest BCUT2D eigenvalue weighted by Crippen LogP contribution is -2.25. The zero-order valence-corrected chi connectivity index (χ0v) is 14.0. The van der Waals surface area contributed by atoms with Crippen LogP contribution in [0.1, 0.15) is 35.8 Å². The molecule has 2 atom stereocenters. The van der Waals surface area contributed by atoms with Crippen LogP contribution in [-0.4, -0.2) is 20.1 Å². The van der Waals surface area contributed by atoms with E-state index in [9.17, 15) is 13.5 Å². The minimum atomic E-state index is -3.67. The lowest BCUT2D eigenvalue weighted by Gasteiger charge is -2.19. The summed E-state index contributed by atoms with van der Waals surface area (Å²) in [4.78, 5) is 0.0911. The van der Waals surface area contributed by atoms with E-state index in [1.165, 1.54) is 12.1 Å². The fourth-order valence-corrected chi connectivity index (χ4v) is 2.94. The van der Waals surface area contributed by atoms with Crippen molar-refractivity contribution in [3.63, 3.8) is 0 Å². The van der Waals surface area contributed by atoms with Crippen LogP contribution in [0.25, 0.3) is 0 Å². The maximum absolute atomic E-state index is 11.2. The van der Waals surface area contributed by atoms with Crippen LogP contribution in [0.15, 0.2) is 53.4 Å². The highest BCUT2D eigenvalue weighted by molar-refractivity contribution is 7.89. The van der Waals surface area contributed by atoms with Gasteiger partial charge in [-0.3, -0.25) is 0 Å². The molecular weight excluding hydrogens is 312 g/mol. The molecule has 0 amide bonds. The van der Waals surface area contributed by atoms with Gasteiger partial charge in [-0.25, -0.2) is 13.6 Å². The summed E-state index contributed by atoms with van der Waals surface area (Å²) in [6.45, 7) is 4.33. The number of aliphatic hydroxyl groups excluding tert-OH is 1. The van der Waals surface area contributed by atoms with Crippen LogP contribution in [0, 0.1) is 6.92 Å². The first-order valence-electron chi connectivity index (χ1n) is 7.39. The van der Waals surface area contributed by atoms with Gasteiger partial charge in [-0.15, -0.1) is 0 Å². The van der Waals surface area contributed by atoms with Crippen LogP contribution in [0.4, 0.5) is 0 Å². The Labute approximate surface area is 137 Å². The monoisotopic (exact) mass is 334 g/mol. The molecule has 0 aromatic heterocycles. The van der Waals surface area contributed by atoms with Crippen LogP contribution in [0.5, 0.6) is 0 Å². The summed E-state index contributed by atoms with van der Waals surface area (Å²) in [6, 6.07) is 14.1. The quantitative estimate of drug-likeness (QED) is 0.753. The van der Waals surface area contributed by atoms with Crippen LogP contribution in [0.3, 0.4) is 0 Å². The van der Waals surface area contributed by atoms with Crippen molar-refractivity contribution in [3.05, 3.63) is 65.2 Å². The molecule has 0 heterocycles. The highest BCUT2D eigenvalue weighted by atomic mass is 32.2. The second kappa shape index (κ2) is 7.23. The molecule has 2 unspecified atom stereocenters. The zero-order valence-electron chi connectivity index (χ0n) is 13.2. The molecule has 0 spiro atoms. The van der Waals surface area contributed by atoms with Crippen molar-refractivity contribution in [2.24, 2.45) is 5.14 Å². The first-order valence-corrected chi connectivity index (χ1v) is 8.93. The Kier molecular flexibility index (Phi) is 5.54. The van der Waals surface area contributed by atoms with Gasteiger partial charge in [-0.05, 0) is 42.7 Å². The van der Waals surface area contributed by atoms with Gasteiger partial charge in [0.2, 0.25) is 10.0 Å². The Bertz CT molecular complexity index is 758. The molecule has 0 saturated heterocycles. The molecule has 0 aliphatic heterocycles. The summed E-state index contributed by atoms with van der Waals surface area (Å²) in [5.74, 6) is 0. The van der Waals surface area contributed by atoms with E-state index in [0.29, 0.717) is 6.54 Å². The Hall–Kier alpha value is -1.73. The fourth-order valence-electron chi connectivity index (χ4n) is 2.42. The minimum absolute atomic E-state index is 0.0248. The maximum atomic E-state index is 11.2. The number of primary sulfonamides is 1. The number of sulfonamides is 1. The normalized spacial score (nSPS) is 14.4. The molecule has 4 N–H and O–H groups in total. The first-order chi connectivity index (χ1) is 10.8. The van der Waals surface area contributed by atoms with E-state index in [4.69, 9.17) is 5.14 Å². The topological polar surface area (TPSA) is 92.4 Å². The number of nitrogens with one attached hydrogen (secondary N) is 1. The number of aryl methyl sites for hydroxylation is 1. The van der Waals surface area contributed by atoms with Crippen molar-refractivity contribution in [1.29, 1.82) is 0 Å². The number of hydrogen-bond acceptors (Lipinski definition) is 4. The van der Waals surface area contributed by atoms with E-state index in [0.717, 1.165) is 16.7 Å². The van der Waals surface area contributed by atoms with Crippen LogP contribution < -0.4 is 10.5 Å². The number of benzene rings is 2. The summed E-state index contributed by atoms with van der Waals surface area (Å²) >= 11 is 0. The Morgan fingerprint density at radius 3 is 2.30 bits per heavy atom. The third kappa shape index (κ3) is 4.62. The van der Waals surface area contributed by atoms with Crippen molar-refractivity contribution in [2.45, 2.75) is 30.9 Å². The summed E-state index contributed by atoms with van der Waals surface area (Å²) in [5, 5.41) is 18.6. The number of nitrogens with two attached hydrogens (primary N) is 1. The van der Waals surface area contributed by atoms with Gasteiger partial charge in [-0.2, -0.15) is 0 Å². The van der Waals surface area contributed by atoms with E-state index in [-0.39, 0.29) is 10.9 Å². The average Bonchev–Trinajstić information content (AvgIpc) is 2.52. The van der Waals surface area contributed by atoms with Crippen molar-refractivity contribution >= 4 is 10.0 Å². The van der Waals surface area contributed by atoms with Crippen molar-refractivity contribution < 1.29 is 13.5 Å². The molecule has 6 heteroatoms. The summed E-state index contributed by atoms with van der Waals surface area (Å²) in [7, 11) is -3.67. The molecule has 0 radical (unpaired) electrons. The summed E-state index contributed by atoms with van der Waals surface area (Å²) in [5.41, 5.74) is 2.87. The van der Waals surface area contributed by atoms with Gasteiger partial charge in [0, 0.05) is 12.6 Å². The molecule has 2 aromatic carbocycles. The van der Waals surface area contributed by atoms with E-state index in [1.807, 2.05) is 38.1 Å². The molecule has 2 rings (SSSR count). The number of aliphatic hydroxyl groups is 1. The van der Waals surface area contributed by atoms with E-state index in [2.05, 4.69) is 5.32 Å².